The molecule has 0 saturated carbocycles. The molecule has 2 heteroatoms. The molecule has 0 atom stereocenters. The molecule has 1 aromatic heterocycles. The van der Waals surface area contributed by atoms with E-state index in [1.807, 2.05) is 67.6 Å². The maximum absolute atomic E-state index is 12.9. The van der Waals surface area contributed by atoms with Crippen LogP contribution in [0.25, 0.3) is 28.2 Å². The Labute approximate surface area is 159 Å². The van der Waals surface area contributed by atoms with Gasteiger partial charge >= 0.3 is 0 Å². The van der Waals surface area contributed by atoms with Gasteiger partial charge in [0.1, 0.15) is 0 Å². The SMILES string of the molecule is Cc1ccccc1-c1c(C)c(=O)cc(-c2ccccc2)n1-c1ccccc1. The van der Waals surface area contributed by atoms with Crippen LogP contribution in [-0.4, -0.2) is 4.57 Å². The van der Waals surface area contributed by atoms with E-state index in [1.54, 1.807) is 6.07 Å². The Morgan fingerprint density at radius 2 is 1.30 bits per heavy atom. The van der Waals surface area contributed by atoms with Crippen LogP contribution >= 0.6 is 0 Å². The fourth-order valence-corrected chi connectivity index (χ4v) is 3.53. The summed E-state index contributed by atoms with van der Waals surface area (Å²) in [4.78, 5) is 12.9. The first kappa shape index (κ1) is 17.0. The van der Waals surface area contributed by atoms with E-state index in [0.717, 1.165) is 39.3 Å². The highest BCUT2D eigenvalue weighted by molar-refractivity contribution is 5.75. The molecule has 0 aliphatic carbocycles. The average Bonchev–Trinajstić information content (AvgIpc) is 2.71. The Morgan fingerprint density at radius 3 is 1.96 bits per heavy atom. The minimum Gasteiger partial charge on any atom is -0.309 e. The van der Waals surface area contributed by atoms with Crippen molar-refractivity contribution in [2.24, 2.45) is 0 Å². The third kappa shape index (κ3) is 3.11. The summed E-state index contributed by atoms with van der Waals surface area (Å²) in [6, 6.07) is 30.3. The van der Waals surface area contributed by atoms with E-state index in [9.17, 15) is 4.79 Å². The Bertz CT molecular complexity index is 1140. The van der Waals surface area contributed by atoms with Gasteiger partial charge in [0.15, 0.2) is 5.43 Å². The van der Waals surface area contributed by atoms with Crippen LogP contribution < -0.4 is 5.43 Å². The Morgan fingerprint density at radius 1 is 0.704 bits per heavy atom. The van der Waals surface area contributed by atoms with Gasteiger partial charge in [-0.15, -0.1) is 0 Å². The van der Waals surface area contributed by atoms with Crippen LogP contribution in [0.2, 0.25) is 0 Å². The molecule has 0 aliphatic rings. The molecule has 0 bridgehead atoms. The fourth-order valence-electron chi connectivity index (χ4n) is 3.53. The minimum atomic E-state index is 0.0549. The quantitative estimate of drug-likeness (QED) is 0.458. The first-order valence-corrected chi connectivity index (χ1v) is 9.10. The van der Waals surface area contributed by atoms with Crippen LogP contribution in [0.5, 0.6) is 0 Å². The highest BCUT2D eigenvalue weighted by atomic mass is 16.1. The number of nitrogens with zero attached hydrogens (tertiary/aromatic N) is 1. The first-order chi connectivity index (χ1) is 13.2. The molecule has 0 unspecified atom stereocenters. The Balaban J connectivity index is 2.17. The molecule has 4 aromatic rings. The molecule has 2 nitrogen and oxygen atoms in total. The summed E-state index contributed by atoms with van der Waals surface area (Å²) in [5.41, 5.74) is 6.95. The number of pyridine rings is 1. The van der Waals surface area contributed by atoms with Crippen molar-refractivity contribution in [2.45, 2.75) is 13.8 Å². The van der Waals surface area contributed by atoms with E-state index < -0.39 is 0 Å². The van der Waals surface area contributed by atoms with Gasteiger partial charge in [-0.3, -0.25) is 4.79 Å². The molecule has 132 valence electrons. The van der Waals surface area contributed by atoms with Crippen molar-refractivity contribution in [3.63, 3.8) is 0 Å². The second kappa shape index (κ2) is 7.08. The lowest BCUT2D eigenvalue weighted by Crippen LogP contribution is -2.16. The van der Waals surface area contributed by atoms with Crippen molar-refractivity contribution in [3.05, 3.63) is 112 Å². The fraction of sp³-hybridized carbons (Fsp3) is 0.0800. The van der Waals surface area contributed by atoms with E-state index >= 15 is 0 Å². The normalized spacial score (nSPS) is 10.7. The predicted molar refractivity (Wildman–Crippen MR) is 112 cm³/mol. The zero-order chi connectivity index (χ0) is 18.8. The molecule has 27 heavy (non-hydrogen) atoms. The second-order valence-electron chi connectivity index (χ2n) is 6.72. The van der Waals surface area contributed by atoms with Crippen molar-refractivity contribution < 1.29 is 0 Å². The van der Waals surface area contributed by atoms with E-state index in [2.05, 4.69) is 35.8 Å². The monoisotopic (exact) mass is 351 g/mol. The lowest BCUT2D eigenvalue weighted by molar-refractivity contribution is 1.03. The Kier molecular flexibility index (Phi) is 4.47. The number of aromatic nitrogens is 1. The number of hydrogen-bond acceptors (Lipinski definition) is 1. The largest absolute Gasteiger partial charge is 0.309 e. The number of rotatable bonds is 3. The van der Waals surface area contributed by atoms with Gasteiger partial charge in [0.2, 0.25) is 0 Å². The highest BCUT2D eigenvalue weighted by Gasteiger charge is 2.18. The van der Waals surface area contributed by atoms with Gasteiger partial charge in [-0.1, -0.05) is 72.8 Å². The van der Waals surface area contributed by atoms with E-state index in [0.29, 0.717) is 0 Å². The summed E-state index contributed by atoms with van der Waals surface area (Å²) in [6.07, 6.45) is 0. The van der Waals surface area contributed by atoms with Crippen LogP contribution in [0, 0.1) is 13.8 Å². The Hall–Kier alpha value is -3.39. The minimum absolute atomic E-state index is 0.0549. The molecular formula is C25H21NO. The lowest BCUT2D eigenvalue weighted by Gasteiger charge is -2.22. The highest BCUT2D eigenvalue weighted by Crippen LogP contribution is 2.32. The van der Waals surface area contributed by atoms with E-state index in [1.165, 1.54) is 0 Å². The molecule has 3 aromatic carbocycles. The molecule has 0 amide bonds. The van der Waals surface area contributed by atoms with Crippen LogP contribution in [-0.2, 0) is 0 Å². The summed E-state index contributed by atoms with van der Waals surface area (Å²) in [7, 11) is 0. The third-order valence-corrected chi connectivity index (χ3v) is 4.94. The molecule has 0 N–H and O–H groups in total. The smallest absolute Gasteiger partial charge is 0.185 e. The summed E-state index contributed by atoms with van der Waals surface area (Å²) >= 11 is 0. The topological polar surface area (TPSA) is 22.0 Å². The first-order valence-electron chi connectivity index (χ1n) is 9.10. The molecule has 0 fully saturated rings. The zero-order valence-electron chi connectivity index (χ0n) is 15.5. The van der Waals surface area contributed by atoms with Crippen molar-refractivity contribution in [1.82, 2.24) is 4.57 Å². The van der Waals surface area contributed by atoms with Gasteiger partial charge in [0, 0.05) is 22.9 Å². The number of para-hydroxylation sites is 1. The van der Waals surface area contributed by atoms with Crippen LogP contribution in [0.3, 0.4) is 0 Å². The van der Waals surface area contributed by atoms with Gasteiger partial charge in [0.05, 0.1) is 11.4 Å². The van der Waals surface area contributed by atoms with Crippen molar-refractivity contribution in [2.75, 3.05) is 0 Å². The maximum atomic E-state index is 12.9. The molecular weight excluding hydrogens is 330 g/mol. The summed E-state index contributed by atoms with van der Waals surface area (Å²) < 4.78 is 2.20. The van der Waals surface area contributed by atoms with Crippen molar-refractivity contribution in [1.29, 1.82) is 0 Å². The molecule has 0 saturated heterocycles. The molecule has 0 aliphatic heterocycles. The number of benzene rings is 3. The maximum Gasteiger partial charge on any atom is 0.185 e. The van der Waals surface area contributed by atoms with Crippen molar-refractivity contribution in [3.8, 4) is 28.2 Å². The standard InChI is InChI=1S/C25H21NO/c1-18-11-9-10-16-22(18)25-19(2)24(27)17-23(20-12-5-3-6-13-20)26(25)21-14-7-4-8-15-21/h3-17H,1-2H3. The summed E-state index contributed by atoms with van der Waals surface area (Å²) in [5.74, 6) is 0. The molecule has 0 spiro atoms. The number of hydrogen-bond donors (Lipinski definition) is 0. The van der Waals surface area contributed by atoms with E-state index in [4.69, 9.17) is 0 Å². The predicted octanol–water partition coefficient (Wildman–Crippen LogP) is 5.79. The zero-order valence-corrected chi connectivity index (χ0v) is 15.5. The van der Waals surface area contributed by atoms with Gasteiger partial charge in [-0.2, -0.15) is 0 Å². The molecule has 4 rings (SSSR count). The van der Waals surface area contributed by atoms with Gasteiger partial charge in [-0.05, 0) is 37.1 Å². The van der Waals surface area contributed by atoms with Gasteiger partial charge in [-0.25, -0.2) is 0 Å². The second-order valence-corrected chi connectivity index (χ2v) is 6.72. The van der Waals surface area contributed by atoms with Gasteiger partial charge in [0.25, 0.3) is 0 Å². The van der Waals surface area contributed by atoms with Crippen LogP contribution in [0.1, 0.15) is 11.1 Å². The molecule has 1 heterocycles. The summed E-state index contributed by atoms with van der Waals surface area (Å²) in [5, 5.41) is 0. The van der Waals surface area contributed by atoms with Gasteiger partial charge < -0.3 is 4.57 Å². The number of aryl methyl sites for hydroxylation is 1. The van der Waals surface area contributed by atoms with Crippen molar-refractivity contribution >= 4 is 0 Å². The summed E-state index contributed by atoms with van der Waals surface area (Å²) in [6.45, 7) is 4.00. The van der Waals surface area contributed by atoms with E-state index in [-0.39, 0.29) is 5.43 Å². The van der Waals surface area contributed by atoms with Crippen LogP contribution in [0.15, 0.2) is 95.8 Å². The average molecular weight is 351 g/mol. The molecule has 0 radical (unpaired) electrons. The third-order valence-electron chi connectivity index (χ3n) is 4.94. The van der Waals surface area contributed by atoms with Crippen LogP contribution in [0.4, 0.5) is 0 Å². The lowest BCUT2D eigenvalue weighted by atomic mass is 9.98.